The third kappa shape index (κ3) is 12.0. The van der Waals surface area contributed by atoms with Crippen LogP contribution >= 0.6 is 15.9 Å². The fourth-order valence-corrected chi connectivity index (χ4v) is 9.90. The molecule has 6 rings (SSSR count). The van der Waals surface area contributed by atoms with Crippen molar-refractivity contribution < 1.29 is 32.2 Å². The van der Waals surface area contributed by atoms with Gasteiger partial charge in [0.15, 0.2) is 5.82 Å². The minimum atomic E-state index is -3.07. The molecule has 59 heavy (non-hydrogen) atoms. The van der Waals surface area contributed by atoms with Crippen LogP contribution < -0.4 is 20.3 Å². The number of hydrogen-bond acceptors (Lipinski definition) is 11. The molecule has 1 aromatic heterocycles. The van der Waals surface area contributed by atoms with Gasteiger partial charge in [-0.2, -0.15) is 0 Å². The Kier molecular flexibility index (Phi) is 15.5. The summed E-state index contributed by atoms with van der Waals surface area (Å²) in [6.45, 7) is 18.2. The van der Waals surface area contributed by atoms with Gasteiger partial charge >= 0.3 is 6.03 Å². The number of anilines is 3. The molecule has 3 aliphatic rings. The summed E-state index contributed by atoms with van der Waals surface area (Å²) < 4.78 is 50.5. The number of hydrogen-bond donors (Lipinski definition) is 2. The molecule has 2 aliphatic heterocycles. The molecule has 2 aromatic carbocycles. The summed E-state index contributed by atoms with van der Waals surface area (Å²) in [5.41, 5.74) is 5.87. The zero-order valence-electron chi connectivity index (χ0n) is 35.3. The van der Waals surface area contributed by atoms with Crippen LogP contribution in [0.15, 0.2) is 59.4 Å². The first kappa shape index (κ1) is 44.9. The van der Waals surface area contributed by atoms with Crippen LogP contribution in [0.3, 0.4) is 0 Å². The molecule has 3 aromatic rings. The third-order valence-electron chi connectivity index (χ3n) is 11.7. The van der Waals surface area contributed by atoms with Crippen LogP contribution in [0, 0.1) is 32.1 Å². The van der Waals surface area contributed by atoms with Crippen molar-refractivity contribution in [3.63, 3.8) is 0 Å². The maximum absolute atomic E-state index is 12.8. The second-order valence-corrected chi connectivity index (χ2v) is 19.9. The number of rotatable bonds is 19. The van der Waals surface area contributed by atoms with E-state index >= 15 is 0 Å². The molecule has 1 fully saturated rings. The number of aryl methyl sites for hydroxylation is 3. The number of ether oxygens (including phenoxy) is 4. The van der Waals surface area contributed by atoms with Gasteiger partial charge in [0.2, 0.25) is 0 Å². The lowest BCUT2D eigenvalue weighted by Gasteiger charge is -2.52. The van der Waals surface area contributed by atoms with Crippen molar-refractivity contribution in [3.8, 4) is 5.75 Å². The predicted molar refractivity (Wildman–Crippen MR) is 237 cm³/mol. The standard InChI is InChI=1S/C44H61BrN6O7S/c1-7-59(53,54)22-13-44(5,6)42-35-10-8-9-34(35)36-23-30(2)11-12-39(36)51(42)16-18-56-21-20-55-17-14-50-15-19-57-33(28-50)29-58-40-24-31(3)37(45)25-38(40)48-43(52)49-41-27-46-32(4)26-47-41/h8-9,11-12,23-27,33-35,42H,7,10,13-22,28-29H2,1-6H3,(H2,47,48,49,52)/t33-,34?,35?,42?/m0/s1. The lowest BCUT2D eigenvalue weighted by Crippen LogP contribution is -2.55. The largest absolute Gasteiger partial charge is 0.489 e. The second kappa shape index (κ2) is 20.3. The van der Waals surface area contributed by atoms with Gasteiger partial charge in [0.05, 0.1) is 62.6 Å². The summed E-state index contributed by atoms with van der Waals surface area (Å²) in [5.74, 6) is 1.99. The highest BCUT2D eigenvalue weighted by Crippen LogP contribution is 2.52. The first-order valence-electron chi connectivity index (χ1n) is 20.8. The number of urea groups is 1. The molecule has 3 unspecified atom stereocenters. The number of sulfone groups is 1. The lowest BCUT2D eigenvalue weighted by atomic mass is 9.67. The molecule has 3 heterocycles. The fourth-order valence-electron chi connectivity index (χ4n) is 8.43. The van der Waals surface area contributed by atoms with Crippen molar-refractivity contribution in [1.82, 2.24) is 14.9 Å². The summed E-state index contributed by atoms with van der Waals surface area (Å²) in [7, 11) is -3.07. The van der Waals surface area contributed by atoms with Gasteiger partial charge in [0.25, 0.3) is 0 Å². The van der Waals surface area contributed by atoms with E-state index in [1.807, 2.05) is 26.0 Å². The number of fused-ring (bicyclic) bond motifs is 3. The van der Waals surface area contributed by atoms with Gasteiger partial charge in [-0.15, -0.1) is 0 Å². The number of benzene rings is 2. The molecule has 2 N–H and O–H groups in total. The van der Waals surface area contributed by atoms with Crippen LogP contribution in [0.25, 0.3) is 0 Å². The molecular formula is C44H61BrN6O7S. The Bertz CT molecular complexity index is 2030. The summed E-state index contributed by atoms with van der Waals surface area (Å²) in [5, 5.41) is 5.57. The predicted octanol–water partition coefficient (Wildman–Crippen LogP) is 7.32. The molecule has 15 heteroatoms. The molecule has 0 radical (unpaired) electrons. The van der Waals surface area contributed by atoms with Crippen LogP contribution in [0.2, 0.25) is 0 Å². The summed E-state index contributed by atoms with van der Waals surface area (Å²) in [4.78, 5) is 26.0. The van der Waals surface area contributed by atoms with Crippen LogP contribution in [0.1, 0.15) is 61.9 Å². The number of nitrogens with zero attached hydrogens (tertiary/aromatic N) is 4. The highest BCUT2D eigenvalue weighted by atomic mass is 79.9. The number of allylic oxidation sites excluding steroid dienone is 2. The van der Waals surface area contributed by atoms with Crippen LogP contribution in [0.4, 0.5) is 22.0 Å². The minimum absolute atomic E-state index is 0.149. The first-order valence-corrected chi connectivity index (χ1v) is 23.4. The van der Waals surface area contributed by atoms with Gasteiger partial charge in [-0.3, -0.25) is 15.2 Å². The van der Waals surface area contributed by atoms with Crippen LogP contribution in [0.5, 0.6) is 5.75 Å². The third-order valence-corrected chi connectivity index (χ3v) is 14.2. The van der Waals surface area contributed by atoms with Crippen LogP contribution in [-0.4, -0.2) is 119 Å². The van der Waals surface area contributed by atoms with E-state index in [1.54, 1.807) is 13.1 Å². The molecular weight excluding hydrogens is 836 g/mol. The topological polar surface area (TPSA) is 144 Å². The SMILES string of the molecule is CCS(=O)(=O)CCC(C)(C)C1C2CC=CC2c2cc(C)ccc2N1CCOCCOCCN1CCO[C@H](COc2cc(C)c(Br)cc2NC(=O)Nc2cnc(C)cn2)C1. The summed E-state index contributed by atoms with van der Waals surface area (Å²) in [6, 6.07) is 10.2. The number of halogens is 1. The molecule has 13 nitrogen and oxygen atoms in total. The van der Waals surface area contributed by atoms with E-state index in [2.05, 4.69) is 97.5 Å². The Morgan fingerprint density at radius 3 is 2.54 bits per heavy atom. The van der Waals surface area contributed by atoms with E-state index < -0.39 is 15.9 Å². The van der Waals surface area contributed by atoms with Crippen molar-refractivity contribution in [3.05, 3.63) is 81.7 Å². The van der Waals surface area contributed by atoms with Gasteiger partial charge in [-0.1, -0.05) is 66.5 Å². The van der Waals surface area contributed by atoms with Crippen molar-refractivity contribution in [2.75, 3.05) is 92.9 Å². The maximum atomic E-state index is 12.8. The number of morpholine rings is 1. The van der Waals surface area contributed by atoms with Crippen molar-refractivity contribution >= 4 is 49.0 Å². The van der Waals surface area contributed by atoms with E-state index in [-0.39, 0.29) is 29.1 Å². The smallest absolute Gasteiger partial charge is 0.325 e. The number of nitrogens with one attached hydrogen (secondary N) is 2. The summed E-state index contributed by atoms with van der Waals surface area (Å²) >= 11 is 3.56. The maximum Gasteiger partial charge on any atom is 0.325 e. The minimum Gasteiger partial charge on any atom is -0.489 e. The van der Waals surface area contributed by atoms with E-state index in [4.69, 9.17) is 18.9 Å². The van der Waals surface area contributed by atoms with Gasteiger partial charge in [0.1, 0.15) is 28.3 Å². The molecule has 1 aliphatic carbocycles. The van der Waals surface area contributed by atoms with Crippen molar-refractivity contribution in [2.24, 2.45) is 11.3 Å². The van der Waals surface area contributed by atoms with Gasteiger partial charge in [0, 0.05) is 54.1 Å². The van der Waals surface area contributed by atoms with E-state index in [0.29, 0.717) is 81.7 Å². The Morgan fingerprint density at radius 1 is 1.02 bits per heavy atom. The Labute approximate surface area is 358 Å². The highest BCUT2D eigenvalue weighted by molar-refractivity contribution is 9.10. The number of aromatic nitrogens is 2. The van der Waals surface area contributed by atoms with Crippen molar-refractivity contribution in [2.45, 2.75) is 72.4 Å². The van der Waals surface area contributed by atoms with Gasteiger partial charge in [-0.25, -0.2) is 18.2 Å². The highest BCUT2D eigenvalue weighted by Gasteiger charge is 2.48. The second-order valence-electron chi connectivity index (χ2n) is 16.6. The normalized spacial score (nSPS) is 20.6. The molecule has 0 saturated carbocycles. The Balaban J connectivity index is 0.945. The van der Waals surface area contributed by atoms with Gasteiger partial charge < -0.3 is 29.2 Å². The monoisotopic (exact) mass is 896 g/mol. The average Bonchev–Trinajstić information content (AvgIpc) is 3.70. The van der Waals surface area contributed by atoms with Crippen LogP contribution in [-0.2, 0) is 24.0 Å². The molecule has 2 amide bonds. The average molecular weight is 898 g/mol. The number of amides is 2. The van der Waals surface area contributed by atoms with E-state index in [9.17, 15) is 13.2 Å². The quantitative estimate of drug-likeness (QED) is 0.0923. The Morgan fingerprint density at radius 2 is 1.80 bits per heavy atom. The molecule has 0 bridgehead atoms. The fraction of sp³-hybridized carbons (Fsp3) is 0.568. The van der Waals surface area contributed by atoms with E-state index in [0.717, 1.165) is 41.8 Å². The summed E-state index contributed by atoms with van der Waals surface area (Å²) in [6.07, 6.45) is 9.23. The van der Waals surface area contributed by atoms with Gasteiger partial charge in [-0.05, 0) is 74.3 Å². The molecule has 4 atom stereocenters. The first-order chi connectivity index (χ1) is 28.2. The molecule has 0 spiro atoms. The van der Waals surface area contributed by atoms with Crippen molar-refractivity contribution in [1.29, 1.82) is 0 Å². The number of carbonyl (C=O) groups excluding carboxylic acids is 1. The Hall–Kier alpha value is -3.60. The molecule has 322 valence electrons. The zero-order chi connectivity index (χ0) is 42.2. The van der Waals surface area contributed by atoms with E-state index in [1.165, 1.54) is 23.0 Å². The molecule has 1 saturated heterocycles. The zero-order valence-corrected chi connectivity index (χ0v) is 37.7. The lowest BCUT2D eigenvalue weighted by molar-refractivity contribution is -0.0551. The number of carbonyl (C=O) groups is 1.